The molecule has 0 bridgehead atoms. The monoisotopic (exact) mass is 258 g/mol. The van der Waals surface area contributed by atoms with Crippen molar-refractivity contribution in [2.45, 2.75) is 18.5 Å². The highest BCUT2D eigenvalue weighted by molar-refractivity contribution is 6.42. The van der Waals surface area contributed by atoms with Gasteiger partial charge in [0.25, 0.3) is 0 Å². The standard InChI is InChI=1S/C11H12Cl2N2O/c1-15-10(16)5-9(14)11(15)6-2-3-7(12)8(13)4-6/h2-4,9,11H,5,14H2,1H3/t9-,11-/m1/s1. The number of likely N-dealkylation sites (N-methyl/N-ethyl adjacent to an activating group) is 1. The minimum Gasteiger partial charge on any atom is -0.337 e. The van der Waals surface area contributed by atoms with E-state index in [0.717, 1.165) is 5.56 Å². The quantitative estimate of drug-likeness (QED) is 0.840. The van der Waals surface area contributed by atoms with Gasteiger partial charge in [-0.3, -0.25) is 4.79 Å². The molecule has 1 aliphatic rings. The molecule has 0 saturated carbocycles. The average Bonchev–Trinajstić information content (AvgIpc) is 2.47. The molecule has 2 rings (SSSR count). The summed E-state index contributed by atoms with van der Waals surface area (Å²) < 4.78 is 0. The molecule has 1 heterocycles. The lowest BCUT2D eigenvalue weighted by Crippen LogP contribution is -2.30. The van der Waals surface area contributed by atoms with Gasteiger partial charge in [-0.1, -0.05) is 29.3 Å². The first-order chi connectivity index (χ1) is 7.50. The van der Waals surface area contributed by atoms with Crippen LogP contribution < -0.4 is 5.73 Å². The van der Waals surface area contributed by atoms with E-state index in [0.29, 0.717) is 16.5 Å². The largest absolute Gasteiger partial charge is 0.337 e. The molecule has 16 heavy (non-hydrogen) atoms. The minimum absolute atomic E-state index is 0.0589. The molecule has 3 nitrogen and oxygen atoms in total. The number of nitrogens with two attached hydrogens (primary N) is 1. The third-order valence-electron chi connectivity index (χ3n) is 2.91. The Kier molecular flexibility index (Phi) is 3.10. The number of likely N-dealkylation sites (tertiary alicyclic amines) is 1. The van der Waals surface area contributed by atoms with Crippen molar-refractivity contribution in [2.75, 3.05) is 7.05 Å². The lowest BCUT2D eigenvalue weighted by molar-refractivity contribution is -0.127. The first-order valence-corrected chi connectivity index (χ1v) is 5.72. The van der Waals surface area contributed by atoms with Gasteiger partial charge >= 0.3 is 0 Å². The Balaban J connectivity index is 2.37. The number of nitrogens with zero attached hydrogens (tertiary/aromatic N) is 1. The minimum atomic E-state index is -0.185. The van der Waals surface area contributed by atoms with Crippen LogP contribution in [0.2, 0.25) is 10.0 Å². The zero-order chi connectivity index (χ0) is 11.9. The second kappa shape index (κ2) is 4.24. The van der Waals surface area contributed by atoms with Gasteiger partial charge in [-0.25, -0.2) is 0 Å². The number of benzene rings is 1. The fourth-order valence-electron chi connectivity index (χ4n) is 2.07. The highest BCUT2D eigenvalue weighted by atomic mass is 35.5. The van der Waals surface area contributed by atoms with Crippen LogP contribution in [0, 0.1) is 0 Å². The van der Waals surface area contributed by atoms with Crippen molar-refractivity contribution in [2.24, 2.45) is 5.73 Å². The Hall–Kier alpha value is -0.770. The molecule has 2 atom stereocenters. The van der Waals surface area contributed by atoms with Crippen molar-refractivity contribution in [1.82, 2.24) is 4.90 Å². The maximum absolute atomic E-state index is 11.5. The molecule has 1 aliphatic heterocycles. The SMILES string of the molecule is CN1C(=O)C[C@@H](N)[C@H]1c1ccc(Cl)c(Cl)c1. The lowest BCUT2D eigenvalue weighted by atomic mass is 10.0. The Bertz CT molecular complexity index is 436. The van der Waals surface area contributed by atoms with E-state index in [-0.39, 0.29) is 18.0 Å². The second-order valence-corrected chi connectivity index (χ2v) is 4.81. The van der Waals surface area contributed by atoms with Gasteiger partial charge < -0.3 is 10.6 Å². The highest BCUT2D eigenvalue weighted by Crippen LogP contribution is 2.33. The number of amides is 1. The van der Waals surface area contributed by atoms with E-state index in [4.69, 9.17) is 28.9 Å². The van der Waals surface area contributed by atoms with Gasteiger partial charge in [0.2, 0.25) is 5.91 Å². The van der Waals surface area contributed by atoms with Crippen molar-refractivity contribution in [3.8, 4) is 0 Å². The summed E-state index contributed by atoms with van der Waals surface area (Å²) >= 11 is 11.8. The zero-order valence-corrected chi connectivity index (χ0v) is 10.3. The van der Waals surface area contributed by atoms with Gasteiger partial charge in [0.05, 0.1) is 16.1 Å². The van der Waals surface area contributed by atoms with Crippen molar-refractivity contribution in [1.29, 1.82) is 0 Å². The van der Waals surface area contributed by atoms with Crippen LogP contribution in [0.4, 0.5) is 0 Å². The molecule has 2 N–H and O–H groups in total. The van der Waals surface area contributed by atoms with E-state index in [1.807, 2.05) is 6.07 Å². The second-order valence-electron chi connectivity index (χ2n) is 3.99. The fourth-order valence-corrected chi connectivity index (χ4v) is 2.37. The van der Waals surface area contributed by atoms with E-state index >= 15 is 0 Å². The molecule has 0 aromatic heterocycles. The number of halogens is 2. The van der Waals surface area contributed by atoms with Crippen LogP contribution in [0.3, 0.4) is 0 Å². The molecular formula is C11H12Cl2N2O. The van der Waals surface area contributed by atoms with E-state index in [1.165, 1.54) is 0 Å². The van der Waals surface area contributed by atoms with Crippen molar-refractivity contribution < 1.29 is 4.79 Å². The van der Waals surface area contributed by atoms with E-state index < -0.39 is 0 Å². The number of rotatable bonds is 1. The van der Waals surface area contributed by atoms with Crippen LogP contribution in [0.1, 0.15) is 18.0 Å². The topological polar surface area (TPSA) is 46.3 Å². The van der Waals surface area contributed by atoms with Crippen molar-refractivity contribution >= 4 is 29.1 Å². The maximum Gasteiger partial charge on any atom is 0.224 e. The zero-order valence-electron chi connectivity index (χ0n) is 8.78. The van der Waals surface area contributed by atoms with Gasteiger partial charge in [0, 0.05) is 19.5 Å². The summed E-state index contributed by atoms with van der Waals surface area (Å²) in [6.07, 6.45) is 0.376. The molecule has 5 heteroatoms. The Morgan fingerprint density at radius 3 is 2.56 bits per heavy atom. The summed E-state index contributed by atoms with van der Waals surface area (Å²) in [7, 11) is 1.75. The van der Waals surface area contributed by atoms with Crippen molar-refractivity contribution in [3.05, 3.63) is 33.8 Å². The number of carbonyl (C=O) groups is 1. The predicted octanol–water partition coefficient (Wildman–Crippen LogP) is 2.22. The molecule has 0 spiro atoms. The predicted molar refractivity (Wildman–Crippen MR) is 64.6 cm³/mol. The Morgan fingerprint density at radius 1 is 1.38 bits per heavy atom. The molecule has 0 aliphatic carbocycles. The normalized spacial score (nSPS) is 25.2. The molecule has 1 fully saturated rings. The van der Waals surface area contributed by atoms with E-state index in [1.54, 1.807) is 24.1 Å². The molecule has 1 amide bonds. The average molecular weight is 259 g/mol. The molecule has 0 unspecified atom stereocenters. The number of carbonyl (C=O) groups excluding carboxylic acids is 1. The lowest BCUT2D eigenvalue weighted by Gasteiger charge is -2.23. The first-order valence-electron chi connectivity index (χ1n) is 4.97. The highest BCUT2D eigenvalue weighted by Gasteiger charge is 2.36. The summed E-state index contributed by atoms with van der Waals surface area (Å²) in [4.78, 5) is 13.2. The van der Waals surface area contributed by atoms with Gasteiger partial charge in [-0.15, -0.1) is 0 Å². The molecule has 86 valence electrons. The van der Waals surface area contributed by atoms with Crippen LogP contribution in [-0.2, 0) is 4.79 Å². The summed E-state index contributed by atoms with van der Waals surface area (Å²) in [6, 6.07) is 5.05. The fraction of sp³-hybridized carbons (Fsp3) is 0.364. The third kappa shape index (κ3) is 1.90. The van der Waals surface area contributed by atoms with E-state index in [2.05, 4.69) is 0 Å². The number of hydrogen-bond donors (Lipinski definition) is 1. The Morgan fingerprint density at radius 2 is 2.06 bits per heavy atom. The number of hydrogen-bond acceptors (Lipinski definition) is 2. The van der Waals surface area contributed by atoms with Crippen molar-refractivity contribution in [3.63, 3.8) is 0 Å². The smallest absolute Gasteiger partial charge is 0.224 e. The third-order valence-corrected chi connectivity index (χ3v) is 3.65. The van der Waals surface area contributed by atoms with Crippen LogP contribution in [0.5, 0.6) is 0 Å². The van der Waals surface area contributed by atoms with Gasteiger partial charge in [-0.05, 0) is 17.7 Å². The molecule has 1 saturated heterocycles. The van der Waals surface area contributed by atoms with Crippen LogP contribution >= 0.6 is 23.2 Å². The van der Waals surface area contributed by atoms with Crippen LogP contribution in [0.25, 0.3) is 0 Å². The van der Waals surface area contributed by atoms with Crippen LogP contribution in [-0.4, -0.2) is 23.9 Å². The first kappa shape index (κ1) is 11.7. The maximum atomic E-state index is 11.5. The van der Waals surface area contributed by atoms with Gasteiger partial charge in [0.1, 0.15) is 0 Å². The summed E-state index contributed by atoms with van der Waals surface area (Å²) in [5, 5.41) is 0.991. The van der Waals surface area contributed by atoms with Gasteiger partial charge in [0.15, 0.2) is 0 Å². The molecule has 0 radical (unpaired) electrons. The van der Waals surface area contributed by atoms with Gasteiger partial charge in [-0.2, -0.15) is 0 Å². The summed E-state index contributed by atoms with van der Waals surface area (Å²) in [5.74, 6) is 0.0589. The summed E-state index contributed by atoms with van der Waals surface area (Å²) in [6.45, 7) is 0. The Labute approximate surface area is 104 Å². The molecule has 1 aromatic carbocycles. The van der Waals surface area contributed by atoms with E-state index in [9.17, 15) is 4.79 Å². The molecular weight excluding hydrogens is 247 g/mol. The summed E-state index contributed by atoms with van der Waals surface area (Å²) in [5.41, 5.74) is 6.87. The van der Waals surface area contributed by atoms with Crippen LogP contribution in [0.15, 0.2) is 18.2 Å². The molecule has 1 aromatic rings.